The Labute approximate surface area is 107 Å². The van der Waals surface area contributed by atoms with Crippen molar-refractivity contribution in [2.24, 2.45) is 5.92 Å². The minimum Gasteiger partial charge on any atom is -0.386 e. The lowest BCUT2D eigenvalue weighted by Gasteiger charge is -2.47. The highest BCUT2D eigenvalue weighted by Crippen LogP contribution is 2.44. The third kappa shape index (κ3) is 2.15. The Morgan fingerprint density at radius 2 is 2.17 bits per heavy atom. The molecule has 2 aliphatic rings. The summed E-state index contributed by atoms with van der Waals surface area (Å²) in [4.78, 5) is 13.8. The Morgan fingerprint density at radius 1 is 1.44 bits per heavy atom. The third-order valence-electron chi connectivity index (χ3n) is 4.06. The molecule has 1 saturated carbocycles. The van der Waals surface area contributed by atoms with E-state index in [1.807, 2.05) is 31.2 Å². The highest BCUT2D eigenvalue weighted by Gasteiger charge is 2.53. The van der Waals surface area contributed by atoms with E-state index in [0.717, 1.165) is 18.4 Å². The molecular formula is C15H19NO2. The van der Waals surface area contributed by atoms with Gasteiger partial charge in [0.05, 0.1) is 19.5 Å². The van der Waals surface area contributed by atoms with E-state index in [9.17, 15) is 9.90 Å². The molecule has 0 unspecified atom stereocenters. The second kappa shape index (κ2) is 4.09. The molecule has 2 fully saturated rings. The predicted octanol–water partition coefficient (Wildman–Crippen LogP) is 1.52. The minimum absolute atomic E-state index is 0.130. The predicted molar refractivity (Wildman–Crippen MR) is 69.1 cm³/mol. The lowest BCUT2D eigenvalue weighted by molar-refractivity contribution is -0.158. The first-order chi connectivity index (χ1) is 8.57. The quantitative estimate of drug-likeness (QED) is 0.877. The van der Waals surface area contributed by atoms with Crippen LogP contribution in [0, 0.1) is 12.8 Å². The van der Waals surface area contributed by atoms with Gasteiger partial charge in [-0.25, -0.2) is 0 Å². The SMILES string of the molecule is Cc1cccc(CC(=O)N2CC(O)(C3CC3)C2)c1. The van der Waals surface area contributed by atoms with Gasteiger partial charge in [0.1, 0.15) is 5.60 Å². The Bertz CT molecular complexity index is 473. The van der Waals surface area contributed by atoms with Crippen molar-refractivity contribution >= 4 is 5.91 Å². The Hall–Kier alpha value is -1.35. The first-order valence-corrected chi connectivity index (χ1v) is 6.62. The summed E-state index contributed by atoms with van der Waals surface area (Å²) in [7, 11) is 0. The number of hydrogen-bond donors (Lipinski definition) is 1. The van der Waals surface area contributed by atoms with E-state index < -0.39 is 5.60 Å². The van der Waals surface area contributed by atoms with Crippen molar-refractivity contribution in [2.75, 3.05) is 13.1 Å². The molecule has 0 aromatic heterocycles. The van der Waals surface area contributed by atoms with Gasteiger partial charge >= 0.3 is 0 Å². The van der Waals surface area contributed by atoms with Gasteiger partial charge in [-0.1, -0.05) is 29.8 Å². The molecule has 1 heterocycles. The molecule has 1 saturated heterocycles. The first kappa shape index (κ1) is 11.7. The maximum Gasteiger partial charge on any atom is 0.227 e. The van der Waals surface area contributed by atoms with E-state index in [1.165, 1.54) is 5.56 Å². The number of hydrogen-bond acceptors (Lipinski definition) is 2. The molecule has 0 atom stereocenters. The molecule has 0 radical (unpaired) electrons. The van der Waals surface area contributed by atoms with Crippen LogP contribution in [0.15, 0.2) is 24.3 Å². The number of carbonyl (C=O) groups excluding carboxylic acids is 1. The number of amides is 1. The topological polar surface area (TPSA) is 40.5 Å². The van der Waals surface area contributed by atoms with Crippen molar-refractivity contribution in [1.82, 2.24) is 4.90 Å². The zero-order valence-corrected chi connectivity index (χ0v) is 10.7. The summed E-state index contributed by atoms with van der Waals surface area (Å²) in [5.41, 5.74) is 1.67. The summed E-state index contributed by atoms with van der Waals surface area (Å²) in [6.45, 7) is 3.09. The van der Waals surface area contributed by atoms with Crippen molar-refractivity contribution in [3.63, 3.8) is 0 Å². The standard InChI is InChI=1S/C15H19NO2/c1-11-3-2-4-12(7-11)8-14(17)16-9-15(18,10-16)13-5-6-13/h2-4,7,13,18H,5-6,8-10H2,1H3. The molecule has 1 aromatic rings. The van der Waals surface area contributed by atoms with Gasteiger partial charge in [0.15, 0.2) is 0 Å². The van der Waals surface area contributed by atoms with Crippen LogP contribution in [-0.4, -0.2) is 34.6 Å². The number of benzene rings is 1. The molecule has 0 bridgehead atoms. The lowest BCUT2D eigenvalue weighted by atomic mass is 9.88. The highest BCUT2D eigenvalue weighted by molar-refractivity contribution is 5.80. The molecule has 1 aliphatic carbocycles. The molecule has 18 heavy (non-hydrogen) atoms. The molecule has 1 N–H and O–H groups in total. The van der Waals surface area contributed by atoms with Gasteiger partial charge in [0, 0.05) is 0 Å². The molecule has 1 amide bonds. The average molecular weight is 245 g/mol. The largest absolute Gasteiger partial charge is 0.386 e. The lowest BCUT2D eigenvalue weighted by Crippen LogP contribution is -2.65. The monoisotopic (exact) mass is 245 g/mol. The van der Waals surface area contributed by atoms with Crippen LogP contribution in [0.3, 0.4) is 0 Å². The second-order valence-corrected chi connectivity index (χ2v) is 5.79. The Morgan fingerprint density at radius 3 is 2.78 bits per heavy atom. The Balaban J connectivity index is 1.57. The molecule has 3 nitrogen and oxygen atoms in total. The van der Waals surface area contributed by atoms with Crippen molar-refractivity contribution in [3.8, 4) is 0 Å². The molecule has 3 heteroatoms. The van der Waals surface area contributed by atoms with E-state index in [1.54, 1.807) is 4.90 Å². The van der Waals surface area contributed by atoms with Gasteiger partial charge in [-0.2, -0.15) is 0 Å². The van der Waals surface area contributed by atoms with Crippen LogP contribution in [0.4, 0.5) is 0 Å². The highest BCUT2D eigenvalue weighted by atomic mass is 16.3. The fourth-order valence-electron chi connectivity index (χ4n) is 2.78. The summed E-state index contributed by atoms with van der Waals surface area (Å²) in [6, 6.07) is 8.04. The third-order valence-corrected chi connectivity index (χ3v) is 4.06. The van der Waals surface area contributed by atoms with E-state index >= 15 is 0 Å². The zero-order chi connectivity index (χ0) is 12.8. The molecule has 0 spiro atoms. The molecule has 1 aliphatic heterocycles. The van der Waals surface area contributed by atoms with Crippen molar-refractivity contribution < 1.29 is 9.90 Å². The van der Waals surface area contributed by atoms with Gasteiger partial charge in [0.25, 0.3) is 0 Å². The van der Waals surface area contributed by atoms with Gasteiger partial charge in [0.2, 0.25) is 5.91 Å². The van der Waals surface area contributed by atoms with Crippen LogP contribution in [0.2, 0.25) is 0 Å². The van der Waals surface area contributed by atoms with E-state index in [4.69, 9.17) is 0 Å². The number of likely N-dealkylation sites (tertiary alicyclic amines) is 1. The number of rotatable bonds is 3. The van der Waals surface area contributed by atoms with Crippen LogP contribution in [0.1, 0.15) is 24.0 Å². The zero-order valence-electron chi connectivity index (χ0n) is 10.7. The van der Waals surface area contributed by atoms with E-state index in [-0.39, 0.29) is 5.91 Å². The van der Waals surface area contributed by atoms with Crippen LogP contribution in [-0.2, 0) is 11.2 Å². The molecule has 96 valence electrons. The molecular weight excluding hydrogens is 226 g/mol. The van der Waals surface area contributed by atoms with Gasteiger partial charge in [-0.15, -0.1) is 0 Å². The summed E-state index contributed by atoms with van der Waals surface area (Å²) in [5.74, 6) is 0.575. The number of nitrogens with zero attached hydrogens (tertiary/aromatic N) is 1. The van der Waals surface area contributed by atoms with Crippen molar-refractivity contribution in [3.05, 3.63) is 35.4 Å². The first-order valence-electron chi connectivity index (χ1n) is 6.62. The normalized spacial score (nSPS) is 21.6. The van der Waals surface area contributed by atoms with Crippen molar-refractivity contribution in [1.29, 1.82) is 0 Å². The summed E-state index contributed by atoms with van der Waals surface area (Å²) in [6.07, 6.45) is 2.69. The minimum atomic E-state index is -0.567. The van der Waals surface area contributed by atoms with Gasteiger partial charge in [-0.05, 0) is 31.2 Å². The maximum atomic E-state index is 12.1. The van der Waals surface area contributed by atoms with Crippen LogP contribution < -0.4 is 0 Å². The number of carbonyl (C=O) groups is 1. The molecule has 1 aromatic carbocycles. The van der Waals surface area contributed by atoms with Gasteiger partial charge < -0.3 is 10.0 Å². The van der Waals surface area contributed by atoms with E-state index in [2.05, 4.69) is 0 Å². The van der Waals surface area contributed by atoms with Crippen LogP contribution >= 0.6 is 0 Å². The summed E-state index contributed by atoms with van der Waals surface area (Å²) in [5, 5.41) is 10.2. The number of β-amino-alcohol motifs (C(OH)–C–C–N with tert-alkyl or cyclic N) is 1. The molecule has 3 rings (SSSR count). The smallest absolute Gasteiger partial charge is 0.227 e. The maximum absolute atomic E-state index is 12.1. The van der Waals surface area contributed by atoms with Crippen molar-refractivity contribution in [2.45, 2.75) is 31.8 Å². The second-order valence-electron chi connectivity index (χ2n) is 5.79. The summed E-state index contributed by atoms with van der Waals surface area (Å²) < 4.78 is 0. The number of aliphatic hydroxyl groups is 1. The summed E-state index contributed by atoms with van der Waals surface area (Å²) >= 11 is 0. The van der Waals surface area contributed by atoms with E-state index in [0.29, 0.717) is 25.4 Å². The fourth-order valence-corrected chi connectivity index (χ4v) is 2.78. The van der Waals surface area contributed by atoms with Crippen LogP contribution in [0.25, 0.3) is 0 Å². The average Bonchev–Trinajstić information content (AvgIpc) is 3.08. The Kier molecular flexibility index (Phi) is 2.67. The van der Waals surface area contributed by atoms with Crippen LogP contribution in [0.5, 0.6) is 0 Å². The fraction of sp³-hybridized carbons (Fsp3) is 0.533. The van der Waals surface area contributed by atoms with Gasteiger partial charge in [-0.3, -0.25) is 4.79 Å². The number of aryl methyl sites for hydroxylation is 1.